The van der Waals surface area contributed by atoms with Gasteiger partial charge in [0.05, 0.1) is 0 Å². The van der Waals surface area contributed by atoms with Gasteiger partial charge in [-0.1, -0.05) is 12.1 Å². The van der Waals surface area contributed by atoms with Crippen LogP contribution >= 0.6 is 0 Å². The summed E-state index contributed by atoms with van der Waals surface area (Å²) >= 11 is 0. The lowest BCUT2D eigenvalue weighted by Crippen LogP contribution is -2.21. The van der Waals surface area contributed by atoms with Crippen LogP contribution in [-0.2, 0) is 6.42 Å². The lowest BCUT2D eigenvalue weighted by atomic mass is 10.1. The minimum atomic E-state index is 0.301. The van der Waals surface area contributed by atoms with Crippen LogP contribution in [0.15, 0.2) is 18.2 Å². The summed E-state index contributed by atoms with van der Waals surface area (Å²) in [5.41, 5.74) is 1.14. The Hall–Kier alpha value is -2.44. The Balaban J connectivity index is 1.66. The second kappa shape index (κ2) is 5.28. The highest BCUT2D eigenvalue weighted by atomic mass is 16.7. The number of ether oxygens (including phenoxy) is 2. The number of nitrogens with zero attached hydrogens (tertiary/aromatic N) is 3. The van der Waals surface area contributed by atoms with Crippen molar-refractivity contribution in [1.29, 1.82) is 0 Å². The summed E-state index contributed by atoms with van der Waals surface area (Å²) in [6, 6.07) is 5.96. The number of para-hydroxylation sites is 1. The van der Waals surface area contributed by atoms with Gasteiger partial charge in [0.1, 0.15) is 0 Å². The maximum Gasteiger partial charge on any atom is 0.231 e. The fourth-order valence-electron chi connectivity index (χ4n) is 2.12. The minimum absolute atomic E-state index is 0.301. The van der Waals surface area contributed by atoms with Crippen molar-refractivity contribution in [2.45, 2.75) is 6.42 Å². The molecule has 0 aliphatic carbocycles. The molecule has 7 nitrogen and oxygen atoms in total. The second-order valence-corrected chi connectivity index (χ2v) is 4.57. The van der Waals surface area contributed by atoms with Crippen molar-refractivity contribution >= 4 is 11.9 Å². The van der Waals surface area contributed by atoms with Crippen LogP contribution in [0.4, 0.5) is 11.9 Å². The van der Waals surface area contributed by atoms with Crippen molar-refractivity contribution in [3.63, 3.8) is 0 Å². The molecule has 1 aliphatic rings. The Morgan fingerprint density at radius 2 is 2.25 bits per heavy atom. The van der Waals surface area contributed by atoms with Gasteiger partial charge in [0, 0.05) is 20.6 Å². The van der Waals surface area contributed by atoms with E-state index in [-0.39, 0.29) is 0 Å². The summed E-state index contributed by atoms with van der Waals surface area (Å²) in [6.45, 7) is 1.11. The van der Waals surface area contributed by atoms with Crippen LogP contribution in [-0.4, -0.2) is 42.6 Å². The maximum atomic E-state index is 5.50. The van der Waals surface area contributed by atoms with E-state index >= 15 is 0 Å². The van der Waals surface area contributed by atoms with Crippen molar-refractivity contribution in [2.24, 2.45) is 0 Å². The molecule has 1 aromatic carbocycles. The minimum Gasteiger partial charge on any atom is -0.454 e. The van der Waals surface area contributed by atoms with E-state index in [9.17, 15) is 0 Å². The van der Waals surface area contributed by atoms with E-state index in [0.717, 1.165) is 36.0 Å². The SMILES string of the molecule is CNc1nnc(N(C)CCc2cccc3c2OCO3)[nH]1. The van der Waals surface area contributed by atoms with E-state index < -0.39 is 0 Å². The molecule has 7 heteroatoms. The summed E-state index contributed by atoms with van der Waals surface area (Å²) in [6.07, 6.45) is 0.846. The number of H-pyrrole nitrogens is 1. The van der Waals surface area contributed by atoms with Gasteiger partial charge in [-0.3, -0.25) is 4.98 Å². The molecular formula is C13H17N5O2. The Kier molecular flexibility index (Phi) is 3.32. The van der Waals surface area contributed by atoms with Crippen LogP contribution in [0.2, 0.25) is 0 Å². The number of rotatable bonds is 5. The molecule has 106 valence electrons. The van der Waals surface area contributed by atoms with Gasteiger partial charge in [-0.15, -0.1) is 10.2 Å². The lowest BCUT2D eigenvalue weighted by Gasteiger charge is -2.15. The zero-order chi connectivity index (χ0) is 13.9. The van der Waals surface area contributed by atoms with Gasteiger partial charge in [-0.2, -0.15) is 0 Å². The highest BCUT2D eigenvalue weighted by molar-refractivity contribution is 5.48. The fraction of sp³-hybridized carbons (Fsp3) is 0.385. The number of benzene rings is 1. The van der Waals surface area contributed by atoms with Crippen LogP contribution in [0, 0.1) is 0 Å². The zero-order valence-corrected chi connectivity index (χ0v) is 11.5. The first-order chi connectivity index (χ1) is 9.78. The molecule has 2 aromatic rings. The molecule has 0 radical (unpaired) electrons. The smallest absolute Gasteiger partial charge is 0.231 e. The highest BCUT2D eigenvalue weighted by Gasteiger charge is 2.17. The van der Waals surface area contributed by atoms with Crippen LogP contribution in [0.1, 0.15) is 5.56 Å². The third kappa shape index (κ3) is 2.34. The van der Waals surface area contributed by atoms with Gasteiger partial charge in [0.15, 0.2) is 11.5 Å². The predicted octanol–water partition coefficient (Wildman–Crippen LogP) is 1.25. The molecule has 0 saturated carbocycles. The molecule has 1 aromatic heterocycles. The second-order valence-electron chi connectivity index (χ2n) is 4.57. The van der Waals surface area contributed by atoms with Crippen LogP contribution in [0.3, 0.4) is 0 Å². The van der Waals surface area contributed by atoms with E-state index in [1.807, 2.05) is 24.1 Å². The Labute approximate surface area is 116 Å². The molecule has 0 spiro atoms. The standard InChI is InChI=1S/C13H17N5O2/c1-14-12-15-13(17-16-12)18(2)7-6-9-4-3-5-10-11(9)20-8-19-10/h3-5H,6-8H2,1-2H3,(H2,14,15,16,17). The normalized spacial score (nSPS) is 12.5. The number of anilines is 2. The van der Waals surface area contributed by atoms with E-state index in [2.05, 4.69) is 26.6 Å². The molecule has 0 fully saturated rings. The molecule has 0 saturated heterocycles. The molecule has 0 atom stereocenters. The number of likely N-dealkylation sites (N-methyl/N-ethyl adjacent to an activating group) is 1. The maximum absolute atomic E-state index is 5.50. The third-order valence-corrected chi connectivity index (χ3v) is 3.27. The molecule has 3 rings (SSSR count). The first kappa shape index (κ1) is 12.6. The number of hydrogen-bond acceptors (Lipinski definition) is 6. The topological polar surface area (TPSA) is 75.3 Å². The number of fused-ring (bicyclic) bond motifs is 1. The Morgan fingerprint density at radius 1 is 1.35 bits per heavy atom. The van der Waals surface area contributed by atoms with Crippen molar-refractivity contribution in [3.05, 3.63) is 23.8 Å². The van der Waals surface area contributed by atoms with Gasteiger partial charge in [0.2, 0.25) is 18.7 Å². The van der Waals surface area contributed by atoms with E-state index in [0.29, 0.717) is 12.7 Å². The van der Waals surface area contributed by atoms with Crippen molar-refractivity contribution < 1.29 is 9.47 Å². The van der Waals surface area contributed by atoms with Gasteiger partial charge < -0.3 is 19.7 Å². The monoisotopic (exact) mass is 275 g/mol. The number of nitrogens with one attached hydrogen (secondary N) is 2. The summed E-state index contributed by atoms with van der Waals surface area (Å²) in [5, 5.41) is 11.0. The Morgan fingerprint density at radius 3 is 3.05 bits per heavy atom. The van der Waals surface area contributed by atoms with E-state index in [1.54, 1.807) is 7.05 Å². The number of hydrogen-bond donors (Lipinski definition) is 2. The average Bonchev–Trinajstić information content (AvgIpc) is 3.13. The van der Waals surface area contributed by atoms with Crippen LogP contribution in [0.25, 0.3) is 0 Å². The molecule has 1 aliphatic heterocycles. The first-order valence-corrected chi connectivity index (χ1v) is 6.47. The average molecular weight is 275 g/mol. The lowest BCUT2D eigenvalue weighted by molar-refractivity contribution is 0.173. The fourth-order valence-corrected chi connectivity index (χ4v) is 2.12. The molecule has 0 unspecified atom stereocenters. The highest BCUT2D eigenvalue weighted by Crippen LogP contribution is 2.35. The van der Waals surface area contributed by atoms with Gasteiger partial charge in [-0.05, 0) is 18.1 Å². The quantitative estimate of drug-likeness (QED) is 0.855. The van der Waals surface area contributed by atoms with Crippen molar-refractivity contribution in [3.8, 4) is 11.5 Å². The molecule has 2 N–H and O–H groups in total. The van der Waals surface area contributed by atoms with Crippen LogP contribution < -0.4 is 19.7 Å². The van der Waals surface area contributed by atoms with Gasteiger partial charge in [-0.25, -0.2) is 0 Å². The molecule has 20 heavy (non-hydrogen) atoms. The van der Waals surface area contributed by atoms with Crippen molar-refractivity contribution in [2.75, 3.05) is 37.6 Å². The Bertz CT molecular complexity index is 598. The predicted molar refractivity (Wildman–Crippen MR) is 75.5 cm³/mol. The summed E-state index contributed by atoms with van der Waals surface area (Å²) in [7, 11) is 3.77. The number of aromatic amines is 1. The van der Waals surface area contributed by atoms with Crippen LogP contribution in [0.5, 0.6) is 11.5 Å². The van der Waals surface area contributed by atoms with Gasteiger partial charge in [0.25, 0.3) is 0 Å². The largest absolute Gasteiger partial charge is 0.454 e. The third-order valence-electron chi connectivity index (χ3n) is 3.27. The molecule has 2 heterocycles. The van der Waals surface area contributed by atoms with E-state index in [4.69, 9.17) is 9.47 Å². The molecular weight excluding hydrogens is 258 g/mol. The number of aromatic nitrogens is 3. The molecule has 0 bridgehead atoms. The summed E-state index contributed by atoms with van der Waals surface area (Å²) in [4.78, 5) is 5.10. The van der Waals surface area contributed by atoms with Crippen molar-refractivity contribution in [1.82, 2.24) is 15.2 Å². The molecule has 0 amide bonds. The summed E-state index contributed by atoms with van der Waals surface area (Å²) < 4.78 is 10.9. The summed E-state index contributed by atoms with van der Waals surface area (Å²) in [5.74, 6) is 3.07. The zero-order valence-electron chi connectivity index (χ0n) is 11.5. The van der Waals surface area contributed by atoms with Gasteiger partial charge >= 0.3 is 0 Å². The van der Waals surface area contributed by atoms with E-state index in [1.165, 1.54) is 0 Å². The first-order valence-electron chi connectivity index (χ1n) is 6.47.